The summed E-state index contributed by atoms with van der Waals surface area (Å²) >= 11 is 6.51. The number of hydrogen-bond acceptors (Lipinski definition) is 17. The van der Waals surface area contributed by atoms with E-state index >= 15 is 0 Å². The molecule has 4 aromatic rings. The van der Waals surface area contributed by atoms with Crippen molar-refractivity contribution in [1.29, 1.82) is 0 Å². The number of likely N-dealkylation sites (N-methyl/N-ethyl adjacent to an activating group) is 3. The van der Waals surface area contributed by atoms with Crippen molar-refractivity contribution in [3.63, 3.8) is 0 Å². The Morgan fingerprint density at radius 1 is 1.00 bits per heavy atom. The van der Waals surface area contributed by atoms with Gasteiger partial charge in [0.2, 0.25) is 5.95 Å². The Labute approximate surface area is 403 Å². The first-order chi connectivity index (χ1) is 32.7. The van der Waals surface area contributed by atoms with Gasteiger partial charge in [-0.2, -0.15) is 4.98 Å². The van der Waals surface area contributed by atoms with Crippen molar-refractivity contribution in [3.8, 4) is 5.75 Å². The number of carbonyl (C=O) groups excluding carboxylic acids is 3. The summed E-state index contributed by atoms with van der Waals surface area (Å²) in [5.41, 5.74) is 9.45. The molecule has 0 spiro atoms. The first-order valence-electron chi connectivity index (χ1n) is 22.1. The second-order valence-electron chi connectivity index (χ2n) is 16.3. The number of aromatic nitrogens is 2. The molecule has 0 radical (unpaired) electrons. The van der Waals surface area contributed by atoms with Crippen LogP contribution in [0, 0.1) is 0 Å². The number of ether oxygens (including phenoxy) is 3. The molecule has 20 nitrogen and oxygen atoms in total. The van der Waals surface area contributed by atoms with Crippen molar-refractivity contribution >= 4 is 67.7 Å². The van der Waals surface area contributed by atoms with Crippen molar-refractivity contribution in [3.05, 3.63) is 101 Å². The Bertz CT molecular complexity index is 2200. The summed E-state index contributed by atoms with van der Waals surface area (Å²) in [6.45, 7) is 7.05. The average Bonchev–Trinajstić information content (AvgIpc) is 3.86. The van der Waals surface area contributed by atoms with E-state index in [9.17, 15) is 29.2 Å². The van der Waals surface area contributed by atoms with Crippen LogP contribution in [-0.2, 0) is 36.7 Å². The van der Waals surface area contributed by atoms with Crippen molar-refractivity contribution in [2.24, 2.45) is 5.73 Å². The maximum atomic E-state index is 13.3. The van der Waals surface area contributed by atoms with Gasteiger partial charge in [0, 0.05) is 75.8 Å². The highest BCUT2D eigenvalue weighted by Gasteiger charge is 2.29. The SMILES string of the molecule is CN(C)CCN(C)P(O)OCC[C@H](NC(=O)c1ccc(CN)cc1)C(=O)O.CN1CCN(c2ccc(Nc3ncc(Cl)c(N(C[C@H]4CCCO4)C(=O)OCc4ccc(OC=O)cc4)n3)cc2)CC1. The highest BCUT2D eigenvalue weighted by atomic mass is 35.5. The lowest BCUT2D eigenvalue weighted by Gasteiger charge is -2.34. The number of piperazine rings is 1. The Balaban J connectivity index is 0.000000279. The zero-order chi connectivity index (χ0) is 49.0. The van der Waals surface area contributed by atoms with Crippen LogP contribution < -0.4 is 30.9 Å². The molecular weight excluding hydrogens is 919 g/mol. The van der Waals surface area contributed by atoms with E-state index < -0.39 is 32.5 Å². The number of carboxylic acids is 1. The third kappa shape index (κ3) is 17.2. The van der Waals surface area contributed by atoms with Crippen molar-refractivity contribution < 1.29 is 47.9 Å². The predicted octanol–water partition coefficient (Wildman–Crippen LogP) is 4.93. The van der Waals surface area contributed by atoms with E-state index in [1.54, 1.807) is 60.2 Å². The lowest BCUT2D eigenvalue weighted by atomic mass is 10.1. The Morgan fingerprint density at radius 3 is 2.31 bits per heavy atom. The summed E-state index contributed by atoms with van der Waals surface area (Å²) in [7, 11) is 5.92. The van der Waals surface area contributed by atoms with Gasteiger partial charge >= 0.3 is 12.1 Å². The number of aliphatic carboxylic acids is 1. The number of amides is 2. The monoisotopic (exact) mass is 980 g/mol. The van der Waals surface area contributed by atoms with E-state index in [0.717, 1.165) is 68.1 Å². The van der Waals surface area contributed by atoms with E-state index in [0.29, 0.717) is 43.4 Å². The van der Waals surface area contributed by atoms with Gasteiger partial charge in [-0.15, -0.1) is 0 Å². The van der Waals surface area contributed by atoms with Crippen molar-refractivity contribution in [2.75, 3.05) is 102 Å². The average molecular weight is 981 g/mol. The lowest BCUT2D eigenvalue weighted by molar-refractivity contribution is -0.139. The Morgan fingerprint density at radius 2 is 1.69 bits per heavy atom. The number of nitrogens with one attached hydrogen (secondary N) is 2. The molecule has 1 aromatic heterocycles. The minimum absolute atomic E-state index is 0.00961. The molecule has 2 saturated heterocycles. The molecule has 3 heterocycles. The van der Waals surface area contributed by atoms with Crippen LogP contribution in [0.2, 0.25) is 5.02 Å². The van der Waals surface area contributed by atoms with E-state index in [-0.39, 0.29) is 43.1 Å². The standard InChI is InChI=1S/C29H33ClN6O5.C17H29N4O5P/c1-34-12-14-35(15-13-34)23-8-6-22(7-9-23)32-28-31-17-26(30)27(33-28)36(18-25-3-2-16-39-25)29(38)40-19-21-4-10-24(11-5-21)41-20-37;1-20(2)9-10-21(3)27(25)26-11-8-15(17(23)24)19-16(22)14-6-4-13(12-18)5-7-14/h4-11,17,20,25H,2-3,12-16,18-19H2,1H3,(H,31,32,33);4-7,15,25H,8-12,18H2,1-3H3,(H,19,22)(H,23,24)/t25-;15-,27?/m10/s1. The molecule has 6 N–H and O–H groups in total. The van der Waals surface area contributed by atoms with Crippen LogP contribution in [0.25, 0.3) is 0 Å². The van der Waals surface area contributed by atoms with Crippen LogP contribution >= 0.6 is 20.1 Å². The molecule has 1 unspecified atom stereocenters. The number of anilines is 4. The topological polar surface area (TPSA) is 238 Å². The van der Waals surface area contributed by atoms with Gasteiger partial charge in [-0.3, -0.25) is 14.5 Å². The van der Waals surface area contributed by atoms with Crippen LogP contribution in [0.15, 0.2) is 79.0 Å². The van der Waals surface area contributed by atoms with E-state index in [1.165, 1.54) is 11.1 Å². The number of nitrogens with zero attached hydrogens (tertiary/aromatic N) is 7. The van der Waals surface area contributed by atoms with Gasteiger partial charge in [-0.05, 0) is 101 Å². The van der Waals surface area contributed by atoms with Gasteiger partial charge in [0.25, 0.3) is 20.9 Å². The number of carboxylic acid groups (broad SMARTS) is 1. The fourth-order valence-corrected chi connectivity index (χ4v) is 7.73. The molecule has 2 fully saturated rings. The lowest BCUT2D eigenvalue weighted by Crippen LogP contribution is -2.44. The van der Waals surface area contributed by atoms with Gasteiger partial charge in [-0.1, -0.05) is 35.9 Å². The molecule has 368 valence electrons. The number of nitrogens with two attached hydrogens (primary N) is 1. The quantitative estimate of drug-likeness (QED) is 0.0518. The normalized spacial score (nSPS) is 15.8. The highest BCUT2D eigenvalue weighted by Crippen LogP contribution is 2.35. The van der Waals surface area contributed by atoms with Gasteiger partial charge in [0.05, 0.1) is 25.5 Å². The third-order valence-electron chi connectivity index (χ3n) is 10.9. The highest BCUT2D eigenvalue weighted by molar-refractivity contribution is 7.43. The number of carbonyl (C=O) groups is 4. The van der Waals surface area contributed by atoms with Crippen molar-refractivity contribution in [2.45, 2.75) is 44.6 Å². The Kier molecular flexibility index (Phi) is 21.6. The van der Waals surface area contributed by atoms with Crippen LogP contribution in [0.3, 0.4) is 0 Å². The van der Waals surface area contributed by atoms with Gasteiger partial charge in [-0.25, -0.2) is 19.2 Å². The summed E-state index contributed by atoms with van der Waals surface area (Å²) in [6, 6.07) is 20.3. The molecule has 22 heteroatoms. The molecule has 68 heavy (non-hydrogen) atoms. The summed E-state index contributed by atoms with van der Waals surface area (Å²) in [5, 5.41) is 15.2. The number of rotatable bonds is 22. The second-order valence-corrected chi connectivity index (χ2v) is 18.2. The molecule has 3 aromatic carbocycles. The minimum atomic E-state index is -1.80. The van der Waals surface area contributed by atoms with Crippen LogP contribution in [-0.4, -0.2) is 158 Å². The summed E-state index contributed by atoms with van der Waals surface area (Å²) in [4.78, 5) is 74.4. The zero-order valence-corrected chi connectivity index (χ0v) is 40.5. The van der Waals surface area contributed by atoms with Crippen molar-refractivity contribution in [1.82, 2.24) is 29.8 Å². The maximum Gasteiger partial charge on any atom is 0.415 e. The smallest absolute Gasteiger partial charge is 0.415 e. The first kappa shape index (κ1) is 53.4. The van der Waals surface area contributed by atoms with E-state index in [1.807, 2.05) is 31.1 Å². The van der Waals surface area contributed by atoms with Crippen LogP contribution in [0.5, 0.6) is 5.75 Å². The van der Waals surface area contributed by atoms with E-state index in [2.05, 4.69) is 49.6 Å². The third-order valence-corrected chi connectivity index (χ3v) is 12.4. The van der Waals surface area contributed by atoms with Gasteiger partial charge in [0.15, 0.2) is 5.82 Å². The van der Waals surface area contributed by atoms with Gasteiger partial charge in [0.1, 0.15) is 23.4 Å². The Hall–Kier alpha value is -5.54. The van der Waals surface area contributed by atoms with Crippen LogP contribution in [0.1, 0.15) is 40.7 Å². The first-order valence-corrected chi connectivity index (χ1v) is 23.7. The second kappa shape index (κ2) is 27.5. The maximum absolute atomic E-state index is 13.3. The van der Waals surface area contributed by atoms with E-state index in [4.69, 9.17) is 36.1 Å². The molecule has 0 bridgehead atoms. The van der Waals surface area contributed by atoms with Crippen LogP contribution in [0.4, 0.5) is 27.9 Å². The fraction of sp³-hybridized carbons (Fsp3) is 0.435. The summed E-state index contributed by atoms with van der Waals surface area (Å²) in [5.74, 6) is -0.716. The minimum Gasteiger partial charge on any atom is -0.480 e. The summed E-state index contributed by atoms with van der Waals surface area (Å²) < 4.78 is 23.2. The molecule has 0 aliphatic carbocycles. The molecule has 2 amide bonds. The predicted molar refractivity (Wildman–Crippen MR) is 260 cm³/mol. The summed E-state index contributed by atoms with van der Waals surface area (Å²) in [6.07, 6.45) is 2.46. The molecule has 6 rings (SSSR count). The number of benzene rings is 3. The number of hydrogen-bond donors (Lipinski definition) is 5. The zero-order valence-electron chi connectivity index (χ0n) is 38.8. The molecule has 3 atom stereocenters. The molecular formula is C46H62ClN10O10P. The fourth-order valence-electron chi connectivity index (χ4n) is 6.81. The molecule has 2 aliphatic heterocycles. The number of halogens is 1. The largest absolute Gasteiger partial charge is 0.480 e. The molecule has 2 aliphatic rings. The van der Waals surface area contributed by atoms with Gasteiger partial charge < -0.3 is 59.8 Å². The molecule has 0 saturated carbocycles.